The van der Waals surface area contributed by atoms with Gasteiger partial charge in [0.15, 0.2) is 17.4 Å². The number of H-pyrrole nitrogens is 1. The summed E-state index contributed by atoms with van der Waals surface area (Å²) in [6, 6.07) is 0.533. The molecule has 1 aliphatic heterocycles. The Hall–Kier alpha value is -1.77. The number of hydrogen-bond donors (Lipinski definition) is 1. The Morgan fingerprint density at radius 3 is 2.00 bits per heavy atom. The molecule has 1 saturated heterocycles. The molecule has 1 aliphatic carbocycles. The molecule has 1 saturated carbocycles. The monoisotopic (exact) mass is 450 g/mol. The number of ether oxygens (including phenoxy) is 3. The summed E-state index contributed by atoms with van der Waals surface area (Å²) in [4.78, 5) is 39.7. The Morgan fingerprint density at radius 1 is 0.938 bits per heavy atom. The van der Waals surface area contributed by atoms with Crippen molar-refractivity contribution >= 4 is 5.78 Å². The average Bonchev–Trinajstić information content (AvgIpc) is 2.96. The highest BCUT2D eigenvalue weighted by atomic mass is 16.8. The summed E-state index contributed by atoms with van der Waals surface area (Å²) in [6.45, 7) is 16.7. The van der Waals surface area contributed by atoms with Crippen LogP contribution in [0.15, 0.2) is 21.9 Å². The number of nitrogens with zero attached hydrogens (tertiary/aromatic N) is 1. The van der Waals surface area contributed by atoms with Crippen LogP contribution < -0.4 is 11.2 Å². The van der Waals surface area contributed by atoms with E-state index in [0.29, 0.717) is 6.42 Å². The molecule has 2 aliphatic rings. The van der Waals surface area contributed by atoms with Crippen LogP contribution in [0.3, 0.4) is 0 Å². The Bertz CT molecular complexity index is 928. The van der Waals surface area contributed by atoms with Gasteiger partial charge in [-0.15, -0.1) is 0 Å². The van der Waals surface area contributed by atoms with Crippen molar-refractivity contribution in [3.8, 4) is 0 Å². The van der Waals surface area contributed by atoms with Crippen LogP contribution in [0.25, 0.3) is 0 Å². The van der Waals surface area contributed by atoms with Crippen LogP contribution in [0, 0.1) is 29.6 Å². The van der Waals surface area contributed by atoms with Crippen LogP contribution in [0.4, 0.5) is 0 Å². The van der Waals surface area contributed by atoms with Gasteiger partial charge in [-0.2, -0.15) is 0 Å². The second kappa shape index (κ2) is 8.88. The molecule has 3 atom stereocenters. The number of aromatic amines is 1. The molecule has 32 heavy (non-hydrogen) atoms. The molecule has 0 spiro atoms. The molecule has 2 fully saturated rings. The lowest BCUT2D eigenvalue weighted by Crippen LogP contribution is -2.62. The summed E-state index contributed by atoms with van der Waals surface area (Å²) in [6.07, 6.45) is 1.01. The SMILES string of the molecule is CC(C)C1(C(C)C)OC[C@H]2C[C@@H](n3ccc(=O)[nH]c3=O)C(=O)[C@@H]2OC(C(C)C)(C(C)C)O1. The first-order valence-electron chi connectivity index (χ1n) is 11.7. The molecule has 0 bridgehead atoms. The smallest absolute Gasteiger partial charge is 0.328 e. The van der Waals surface area contributed by atoms with Gasteiger partial charge >= 0.3 is 5.69 Å². The van der Waals surface area contributed by atoms with E-state index in [-0.39, 0.29) is 42.0 Å². The highest BCUT2D eigenvalue weighted by Gasteiger charge is 2.57. The number of fused-ring (bicyclic) bond motifs is 1. The minimum atomic E-state index is -1.04. The highest BCUT2D eigenvalue weighted by Crippen LogP contribution is 2.48. The normalized spacial score (nSPS) is 27.8. The van der Waals surface area contributed by atoms with E-state index in [9.17, 15) is 14.4 Å². The first-order chi connectivity index (χ1) is 14.9. The molecular formula is C24H38N2O6. The van der Waals surface area contributed by atoms with Crippen molar-refractivity contribution in [1.29, 1.82) is 0 Å². The largest absolute Gasteiger partial charge is 0.349 e. The molecule has 0 amide bonds. The second-order valence-electron chi connectivity index (χ2n) is 10.4. The molecule has 0 aromatic carbocycles. The zero-order valence-electron chi connectivity index (χ0n) is 20.5. The van der Waals surface area contributed by atoms with Crippen molar-refractivity contribution in [3.63, 3.8) is 0 Å². The fraction of sp³-hybridized carbons (Fsp3) is 0.792. The van der Waals surface area contributed by atoms with Gasteiger partial charge in [-0.05, 0) is 6.42 Å². The Kier molecular flexibility index (Phi) is 6.90. The van der Waals surface area contributed by atoms with E-state index in [2.05, 4.69) is 32.7 Å². The standard InChI is InChI=1S/C24H38N2O6/c1-13(2)23(14(3)4)30-12-17-11-18(26-10-9-19(27)25-22(26)29)20(28)21(17)31-24(32-23,15(5)6)16(7)8/h9-10,13-18,21H,11-12H2,1-8H3,(H,25,27,29)/t17-,18-,21-/m1/s1. The number of hydrogen-bond acceptors (Lipinski definition) is 6. The molecule has 8 heteroatoms. The maximum Gasteiger partial charge on any atom is 0.328 e. The Morgan fingerprint density at radius 2 is 1.50 bits per heavy atom. The van der Waals surface area contributed by atoms with Crippen LogP contribution >= 0.6 is 0 Å². The highest BCUT2D eigenvalue weighted by molar-refractivity contribution is 5.89. The van der Waals surface area contributed by atoms with Gasteiger partial charge in [-0.3, -0.25) is 19.1 Å². The molecule has 1 N–H and O–H groups in total. The van der Waals surface area contributed by atoms with Crippen molar-refractivity contribution in [1.82, 2.24) is 9.55 Å². The fourth-order valence-electron chi connectivity index (χ4n) is 5.33. The van der Waals surface area contributed by atoms with Crippen LogP contribution in [-0.4, -0.2) is 39.6 Å². The number of nitrogens with one attached hydrogen (secondary N) is 1. The quantitative estimate of drug-likeness (QED) is 0.740. The first kappa shape index (κ1) is 24.9. The predicted molar refractivity (Wildman–Crippen MR) is 120 cm³/mol. The van der Waals surface area contributed by atoms with Gasteiger partial charge in [-0.1, -0.05) is 55.4 Å². The van der Waals surface area contributed by atoms with Gasteiger partial charge in [0.2, 0.25) is 0 Å². The van der Waals surface area contributed by atoms with E-state index in [0.717, 1.165) is 0 Å². The average molecular weight is 451 g/mol. The summed E-state index contributed by atoms with van der Waals surface area (Å²) in [7, 11) is 0. The lowest BCUT2D eigenvalue weighted by Gasteiger charge is -2.53. The minimum absolute atomic E-state index is 0.0502. The Balaban J connectivity index is 2.09. The first-order valence-corrected chi connectivity index (χ1v) is 11.7. The van der Waals surface area contributed by atoms with Crippen LogP contribution in [-0.2, 0) is 19.0 Å². The summed E-state index contributed by atoms with van der Waals surface area (Å²) < 4.78 is 21.3. The number of Topliss-reactive ketones (excluding diaryl/α,β-unsaturated/α-hetero) is 1. The molecule has 180 valence electrons. The van der Waals surface area contributed by atoms with E-state index in [1.165, 1.54) is 16.8 Å². The van der Waals surface area contributed by atoms with Gasteiger partial charge in [0, 0.05) is 41.9 Å². The number of carbonyl (C=O) groups excluding carboxylic acids is 1. The van der Waals surface area contributed by atoms with Crippen molar-refractivity contribution in [3.05, 3.63) is 33.1 Å². The summed E-state index contributed by atoms with van der Waals surface area (Å²) >= 11 is 0. The molecular weight excluding hydrogens is 412 g/mol. The van der Waals surface area contributed by atoms with Crippen molar-refractivity contribution < 1.29 is 19.0 Å². The van der Waals surface area contributed by atoms with E-state index >= 15 is 0 Å². The minimum Gasteiger partial charge on any atom is -0.349 e. The maximum atomic E-state index is 13.5. The molecule has 1 aromatic rings. The predicted octanol–water partition coefficient (Wildman–Crippen LogP) is 3.12. The van der Waals surface area contributed by atoms with Crippen molar-refractivity contribution in [2.45, 2.75) is 85.5 Å². The van der Waals surface area contributed by atoms with Crippen LogP contribution in [0.2, 0.25) is 0 Å². The number of aromatic nitrogens is 2. The third-order valence-electron chi connectivity index (χ3n) is 7.12. The van der Waals surface area contributed by atoms with Gasteiger partial charge in [0.25, 0.3) is 5.56 Å². The van der Waals surface area contributed by atoms with Crippen molar-refractivity contribution in [2.75, 3.05) is 6.61 Å². The number of ketones is 1. The number of rotatable bonds is 5. The summed E-state index contributed by atoms with van der Waals surface area (Å²) in [5.74, 6) is -2.35. The zero-order valence-corrected chi connectivity index (χ0v) is 20.5. The molecule has 1 aromatic heterocycles. The van der Waals surface area contributed by atoms with E-state index < -0.39 is 35.0 Å². The fourth-order valence-corrected chi connectivity index (χ4v) is 5.33. The third kappa shape index (κ3) is 4.01. The van der Waals surface area contributed by atoms with E-state index in [1.54, 1.807) is 0 Å². The second-order valence-corrected chi connectivity index (χ2v) is 10.4. The van der Waals surface area contributed by atoms with Crippen molar-refractivity contribution in [2.24, 2.45) is 29.6 Å². The topological polar surface area (TPSA) is 99.6 Å². The summed E-state index contributed by atoms with van der Waals surface area (Å²) in [5, 5.41) is 0. The summed E-state index contributed by atoms with van der Waals surface area (Å²) in [5.41, 5.74) is -1.09. The molecule has 2 heterocycles. The number of carbonyl (C=O) groups is 1. The van der Waals surface area contributed by atoms with Crippen LogP contribution in [0.1, 0.15) is 67.9 Å². The van der Waals surface area contributed by atoms with Gasteiger partial charge in [0.1, 0.15) is 6.10 Å². The van der Waals surface area contributed by atoms with Gasteiger partial charge in [-0.25, -0.2) is 4.79 Å². The van der Waals surface area contributed by atoms with E-state index in [4.69, 9.17) is 14.2 Å². The molecule has 8 nitrogen and oxygen atoms in total. The lowest BCUT2D eigenvalue weighted by atomic mass is 9.85. The van der Waals surface area contributed by atoms with E-state index in [1.807, 2.05) is 27.7 Å². The van der Waals surface area contributed by atoms with Gasteiger partial charge < -0.3 is 14.2 Å². The Labute approximate surface area is 189 Å². The van der Waals surface area contributed by atoms with Crippen LogP contribution in [0.5, 0.6) is 0 Å². The zero-order chi connectivity index (χ0) is 24.0. The third-order valence-corrected chi connectivity index (χ3v) is 7.12. The molecule has 3 rings (SSSR count). The lowest BCUT2D eigenvalue weighted by molar-refractivity contribution is -0.431. The molecule has 0 unspecified atom stereocenters. The maximum absolute atomic E-state index is 13.5. The molecule has 0 radical (unpaired) electrons. The van der Waals surface area contributed by atoms with Gasteiger partial charge in [0.05, 0.1) is 12.6 Å².